The zero-order chi connectivity index (χ0) is 24.2. The first kappa shape index (κ1) is 24.6. The third-order valence-electron chi connectivity index (χ3n) is 4.76. The topological polar surface area (TPSA) is 83.1 Å². The number of para-hydroxylation sites is 2. The Hall–Kier alpha value is -4.00. The van der Waals surface area contributed by atoms with E-state index in [-0.39, 0.29) is 18.1 Å². The van der Waals surface area contributed by atoms with Gasteiger partial charge in [-0.2, -0.15) is 0 Å². The number of benzene rings is 3. The van der Waals surface area contributed by atoms with Gasteiger partial charge in [0.25, 0.3) is 5.91 Å². The Balaban J connectivity index is 1.48. The Labute approximate surface area is 199 Å². The molecule has 3 aromatic carbocycles. The zero-order valence-corrected chi connectivity index (χ0v) is 19.4. The minimum atomic E-state index is -0.630. The molecule has 178 valence electrons. The third kappa shape index (κ3) is 7.27. The predicted molar refractivity (Wildman–Crippen MR) is 129 cm³/mol. The summed E-state index contributed by atoms with van der Waals surface area (Å²) in [5.74, 6) is 1.32. The van der Waals surface area contributed by atoms with E-state index in [1.807, 2.05) is 50.2 Å². The van der Waals surface area contributed by atoms with Crippen LogP contribution in [0.1, 0.15) is 29.8 Å². The van der Waals surface area contributed by atoms with Crippen LogP contribution in [0.4, 0.5) is 0 Å². The quantitative estimate of drug-likeness (QED) is 0.389. The maximum atomic E-state index is 12.5. The number of amides is 1. The predicted octanol–water partition coefficient (Wildman–Crippen LogP) is 4.79. The standard InChI is InChI=1S/C27H29NO6/c1-3-31-24-15-14-20(18-25(24)32-4-2)16-17-28-26(29)19-33-27(30)22-12-8-9-13-23(22)34-21-10-6-5-7-11-21/h5-15,18H,3-4,16-17,19H2,1-2H3,(H,28,29). The van der Waals surface area contributed by atoms with Crippen LogP contribution in [-0.4, -0.2) is 38.2 Å². The summed E-state index contributed by atoms with van der Waals surface area (Å²) in [4.78, 5) is 24.7. The molecule has 0 unspecified atom stereocenters. The van der Waals surface area contributed by atoms with Crippen LogP contribution >= 0.6 is 0 Å². The Kier molecular flexibility index (Phi) is 9.34. The highest BCUT2D eigenvalue weighted by Crippen LogP contribution is 2.29. The Morgan fingerprint density at radius 2 is 1.50 bits per heavy atom. The lowest BCUT2D eigenvalue weighted by Crippen LogP contribution is -2.30. The summed E-state index contributed by atoms with van der Waals surface area (Å²) in [6, 6.07) is 21.6. The van der Waals surface area contributed by atoms with Gasteiger partial charge < -0.3 is 24.3 Å². The van der Waals surface area contributed by atoms with Crippen molar-refractivity contribution >= 4 is 11.9 Å². The molecule has 3 rings (SSSR count). The Bertz CT molecular complexity index is 1080. The van der Waals surface area contributed by atoms with Gasteiger partial charge in [0.2, 0.25) is 0 Å². The summed E-state index contributed by atoms with van der Waals surface area (Å²) in [5, 5.41) is 2.76. The van der Waals surface area contributed by atoms with Gasteiger partial charge in [-0.3, -0.25) is 4.79 Å². The van der Waals surface area contributed by atoms with Crippen LogP contribution in [0.25, 0.3) is 0 Å². The second-order valence-corrected chi connectivity index (χ2v) is 7.23. The molecule has 0 aliphatic carbocycles. The van der Waals surface area contributed by atoms with Crippen LogP contribution in [0.15, 0.2) is 72.8 Å². The molecule has 1 amide bonds. The van der Waals surface area contributed by atoms with Crippen molar-refractivity contribution < 1.29 is 28.5 Å². The molecule has 1 N–H and O–H groups in total. The summed E-state index contributed by atoms with van der Waals surface area (Å²) >= 11 is 0. The SMILES string of the molecule is CCOc1ccc(CCNC(=O)COC(=O)c2ccccc2Oc2ccccc2)cc1OCC. The van der Waals surface area contributed by atoms with E-state index in [1.165, 1.54) is 0 Å². The molecule has 0 aliphatic rings. The van der Waals surface area contributed by atoms with E-state index in [4.69, 9.17) is 18.9 Å². The highest BCUT2D eigenvalue weighted by Gasteiger charge is 2.16. The summed E-state index contributed by atoms with van der Waals surface area (Å²) in [6.45, 7) is 4.93. The number of nitrogens with one attached hydrogen (secondary N) is 1. The molecule has 0 heterocycles. The van der Waals surface area contributed by atoms with Crippen LogP contribution in [0.5, 0.6) is 23.0 Å². The summed E-state index contributed by atoms with van der Waals surface area (Å²) in [7, 11) is 0. The van der Waals surface area contributed by atoms with Gasteiger partial charge in [-0.15, -0.1) is 0 Å². The number of carbonyl (C=O) groups excluding carboxylic acids is 2. The van der Waals surface area contributed by atoms with Gasteiger partial charge in [0.1, 0.15) is 17.1 Å². The number of rotatable bonds is 12. The van der Waals surface area contributed by atoms with Crippen LogP contribution in [0.3, 0.4) is 0 Å². The van der Waals surface area contributed by atoms with E-state index in [0.717, 1.165) is 5.56 Å². The smallest absolute Gasteiger partial charge is 0.342 e. The highest BCUT2D eigenvalue weighted by atomic mass is 16.5. The zero-order valence-electron chi connectivity index (χ0n) is 19.4. The van der Waals surface area contributed by atoms with Crippen molar-refractivity contribution in [2.75, 3.05) is 26.4 Å². The van der Waals surface area contributed by atoms with Crippen molar-refractivity contribution in [3.63, 3.8) is 0 Å². The molecular weight excluding hydrogens is 434 g/mol. The van der Waals surface area contributed by atoms with Gasteiger partial charge in [-0.1, -0.05) is 36.4 Å². The number of ether oxygens (including phenoxy) is 4. The van der Waals surface area contributed by atoms with Crippen molar-refractivity contribution in [2.45, 2.75) is 20.3 Å². The Morgan fingerprint density at radius 1 is 0.794 bits per heavy atom. The third-order valence-corrected chi connectivity index (χ3v) is 4.76. The molecule has 0 fully saturated rings. The first-order valence-corrected chi connectivity index (χ1v) is 11.2. The lowest BCUT2D eigenvalue weighted by molar-refractivity contribution is -0.124. The van der Waals surface area contributed by atoms with Crippen LogP contribution in [0, 0.1) is 0 Å². The molecule has 0 saturated carbocycles. The van der Waals surface area contributed by atoms with Crippen molar-refractivity contribution in [1.82, 2.24) is 5.32 Å². The number of hydrogen-bond acceptors (Lipinski definition) is 6. The van der Waals surface area contributed by atoms with Crippen molar-refractivity contribution in [2.24, 2.45) is 0 Å². The van der Waals surface area contributed by atoms with E-state index in [0.29, 0.717) is 49.2 Å². The first-order valence-electron chi connectivity index (χ1n) is 11.2. The molecule has 7 heteroatoms. The second kappa shape index (κ2) is 12.9. The second-order valence-electron chi connectivity index (χ2n) is 7.23. The molecule has 0 aliphatic heterocycles. The molecular formula is C27H29NO6. The van der Waals surface area contributed by atoms with Gasteiger partial charge in [0, 0.05) is 6.54 Å². The van der Waals surface area contributed by atoms with Crippen molar-refractivity contribution in [3.8, 4) is 23.0 Å². The summed E-state index contributed by atoms with van der Waals surface area (Å²) in [5.41, 5.74) is 1.24. The van der Waals surface area contributed by atoms with Crippen LogP contribution in [-0.2, 0) is 16.0 Å². The summed E-state index contributed by atoms with van der Waals surface area (Å²) < 4.78 is 22.2. The maximum Gasteiger partial charge on any atom is 0.342 e. The molecule has 0 bridgehead atoms. The molecule has 34 heavy (non-hydrogen) atoms. The molecule has 3 aromatic rings. The Morgan fingerprint density at radius 3 is 2.26 bits per heavy atom. The van der Waals surface area contributed by atoms with E-state index in [1.54, 1.807) is 36.4 Å². The molecule has 7 nitrogen and oxygen atoms in total. The van der Waals surface area contributed by atoms with Crippen molar-refractivity contribution in [3.05, 3.63) is 83.9 Å². The monoisotopic (exact) mass is 463 g/mol. The average molecular weight is 464 g/mol. The molecule has 0 spiro atoms. The van der Waals surface area contributed by atoms with E-state index in [2.05, 4.69) is 5.32 Å². The normalized spacial score (nSPS) is 10.3. The fourth-order valence-corrected chi connectivity index (χ4v) is 3.20. The largest absolute Gasteiger partial charge is 0.490 e. The molecule has 0 atom stereocenters. The van der Waals surface area contributed by atoms with Crippen LogP contribution in [0.2, 0.25) is 0 Å². The van der Waals surface area contributed by atoms with Gasteiger partial charge >= 0.3 is 5.97 Å². The average Bonchev–Trinajstić information content (AvgIpc) is 2.85. The molecule has 0 radical (unpaired) electrons. The highest BCUT2D eigenvalue weighted by molar-refractivity contribution is 5.94. The minimum Gasteiger partial charge on any atom is -0.490 e. The number of hydrogen-bond donors (Lipinski definition) is 1. The van der Waals surface area contributed by atoms with Gasteiger partial charge in [0.05, 0.1) is 13.2 Å². The lowest BCUT2D eigenvalue weighted by atomic mass is 10.1. The minimum absolute atomic E-state index is 0.247. The molecule has 0 aromatic heterocycles. The van der Waals surface area contributed by atoms with E-state index < -0.39 is 5.97 Å². The van der Waals surface area contributed by atoms with Gasteiger partial charge in [-0.25, -0.2) is 4.79 Å². The maximum absolute atomic E-state index is 12.5. The molecule has 0 saturated heterocycles. The van der Waals surface area contributed by atoms with E-state index >= 15 is 0 Å². The number of esters is 1. The number of carbonyl (C=O) groups is 2. The first-order chi connectivity index (χ1) is 16.6. The van der Waals surface area contributed by atoms with Gasteiger partial charge in [-0.05, 0) is 62.2 Å². The fourth-order valence-electron chi connectivity index (χ4n) is 3.20. The fraction of sp³-hybridized carbons (Fsp3) is 0.259. The van der Waals surface area contributed by atoms with Gasteiger partial charge in [0.15, 0.2) is 18.1 Å². The summed E-state index contributed by atoms with van der Waals surface area (Å²) in [6.07, 6.45) is 0.597. The van der Waals surface area contributed by atoms with Crippen molar-refractivity contribution in [1.29, 1.82) is 0 Å². The van der Waals surface area contributed by atoms with E-state index in [9.17, 15) is 9.59 Å². The van der Waals surface area contributed by atoms with Crippen LogP contribution < -0.4 is 19.5 Å². The lowest BCUT2D eigenvalue weighted by Gasteiger charge is -2.13.